The highest BCUT2D eigenvalue weighted by Crippen LogP contribution is 2.35. The van der Waals surface area contributed by atoms with Crippen LogP contribution >= 0.6 is 11.8 Å². The van der Waals surface area contributed by atoms with Crippen LogP contribution in [0.5, 0.6) is 0 Å². The van der Waals surface area contributed by atoms with Crippen LogP contribution in [0.3, 0.4) is 0 Å². The van der Waals surface area contributed by atoms with E-state index in [0.717, 1.165) is 23.2 Å². The van der Waals surface area contributed by atoms with Crippen LogP contribution in [-0.4, -0.2) is 51.5 Å². The normalized spacial score (nSPS) is 16.3. The second kappa shape index (κ2) is 13.0. The average Bonchev–Trinajstić information content (AvgIpc) is 3.32. The number of aryl methyl sites for hydroxylation is 1. The molecule has 2 N–H and O–H groups in total. The lowest BCUT2D eigenvalue weighted by atomic mass is 10.1. The molecule has 2 aliphatic rings. The standard InChI is InChI=1S/C32H33N5O3S/c1-3-21-14-16-23(17-15-21)34-30(39)27(4-2)41-32-36-25-13-9-8-12-24(25)29-35-26(31(40)37(29)32)20-28(38)33-19-18-22-10-6-5-7-11-22/h5-17,26-27H,3-4,18-20H2,1-2H3,(H,33,38)(H,34,39)/t26-,27+/m0/s1. The Morgan fingerprint density at radius 3 is 2.41 bits per heavy atom. The molecule has 0 fully saturated rings. The lowest BCUT2D eigenvalue weighted by Crippen LogP contribution is -2.43. The van der Waals surface area contributed by atoms with Crippen LogP contribution in [0.4, 0.5) is 11.4 Å². The van der Waals surface area contributed by atoms with Gasteiger partial charge in [-0.3, -0.25) is 19.4 Å². The summed E-state index contributed by atoms with van der Waals surface area (Å²) in [5.74, 6) is -0.245. The van der Waals surface area contributed by atoms with Gasteiger partial charge in [0.05, 0.1) is 17.4 Å². The molecule has 5 rings (SSSR count). The van der Waals surface area contributed by atoms with E-state index in [-0.39, 0.29) is 24.1 Å². The van der Waals surface area contributed by atoms with Gasteiger partial charge in [-0.1, -0.05) is 80.2 Å². The number of amides is 3. The Bertz CT molecular complexity index is 1490. The van der Waals surface area contributed by atoms with Crippen LogP contribution in [0, 0.1) is 0 Å². The molecule has 0 aliphatic carbocycles. The Balaban J connectivity index is 1.29. The summed E-state index contributed by atoms with van der Waals surface area (Å²) >= 11 is 1.24. The van der Waals surface area contributed by atoms with E-state index in [9.17, 15) is 14.4 Å². The van der Waals surface area contributed by atoms with Gasteiger partial charge in [-0.25, -0.2) is 9.89 Å². The molecule has 0 spiro atoms. The zero-order valence-electron chi connectivity index (χ0n) is 23.2. The molecule has 0 saturated carbocycles. The Kier molecular flexibility index (Phi) is 8.94. The SMILES string of the molecule is CCc1ccc(NC(=O)[C@@H](CC)SC2=Nc3ccccc3C3=N[C@@H](CC(=O)NCCc4ccccc4)C(=O)N23)cc1. The Labute approximate surface area is 244 Å². The van der Waals surface area contributed by atoms with Crippen molar-refractivity contribution in [3.05, 3.63) is 95.6 Å². The first kappa shape index (κ1) is 28.3. The Morgan fingerprint density at radius 1 is 0.951 bits per heavy atom. The van der Waals surface area contributed by atoms with E-state index < -0.39 is 11.3 Å². The molecule has 2 atom stereocenters. The third-order valence-electron chi connectivity index (χ3n) is 7.05. The number of thioether (sulfide) groups is 1. The molecule has 0 radical (unpaired) electrons. The number of fused-ring (bicyclic) bond motifs is 3. The molecule has 3 aromatic rings. The lowest BCUT2D eigenvalue weighted by Gasteiger charge is -2.27. The number of amidine groups is 2. The van der Waals surface area contributed by atoms with Gasteiger partial charge < -0.3 is 10.6 Å². The van der Waals surface area contributed by atoms with Crippen molar-refractivity contribution in [3.63, 3.8) is 0 Å². The minimum atomic E-state index is -0.857. The number of rotatable bonds is 10. The highest BCUT2D eigenvalue weighted by Gasteiger charge is 2.43. The van der Waals surface area contributed by atoms with Gasteiger partial charge in [0.15, 0.2) is 5.17 Å². The summed E-state index contributed by atoms with van der Waals surface area (Å²) in [4.78, 5) is 50.5. The number of hydrogen-bond acceptors (Lipinski definition) is 6. The van der Waals surface area contributed by atoms with E-state index in [1.807, 2.05) is 85.8 Å². The monoisotopic (exact) mass is 567 g/mol. The third kappa shape index (κ3) is 6.57. The van der Waals surface area contributed by atoms with Crippen molar-refractivity contribution in [2.24, 2.45) is 9.98 Å². The fraction of sp³-hybridized carbons (Fsp3) is 0.281. The topological polar surface area (TPSA) is 103 Å². The molecule has 3 aromatic carbocycles. The van der Waals surface area contributed by atoms with Crippen molar-refractivity contribution in [2.75, 3.05) is 11.9 Å². The first-order valence-electron chi connectivity index (χ1n) is 13.9. The second-order valence-corrected chi connectivity index (χ2v) is 11.1. The summed E-state index contributed by atoms with van der Waals surface area (Å²) in [6.07, 6.45) is 2.11. The molecule has 210 valence electrons. The summed E-state index contributed by atoms with van der Waals surface area (Å²) < 4.78 is 0. The molecule has 41 heavy (non-hydrogen) atoms. The number of carbonyl (C=O) groups is 3. The summed E-state index contributed by atoms with van der Waals surface area (Å²) in [5, 5.41) is 5.80. The lowest BCUT2D eigenvalue weighted by molar-refractivity contribution is -0.128. The van der Waals surface area contributed by atoms with E-state index >= 15 is 0 Å². The molecular formula is C32H33N5O3S. The van der Waals surface area contributed by atoms with E-state index in [1.165, 1.54) is 22.2 Å². The molecule has 0 unspecified atom stereocenters. The molecule has 2 heterocycles. The third-order valence-corrected chi connectivity index (χ3v) is 8.36. The van der Waals surface area contributed by atoms with Crippen molar-refractivity contribution < 1.29 is 14.4 Å². The first-order valence-corrected chi connectivity index (χ1v) is 14.8. The zero-order chi connectivity index (χ0) is 28.8. The van der Waals surface area contributed by atoms with E-state index in [1.54, 1.807) is 0 Å². The second-order valence-electron chi connectivity index (χ2n) is 9.90. The first-order chi connectivity index (χ1) is 20.0. The fourth-order valence-corrected chi connectivity index (χ4v) is 5.77. The van der Waals surface area contributed by atoms with Crippen molar-refractivity contribution in [3.8, 4) is 0 Å². The van der Waals surface area contributed by atoms with Gasteiger partial charge in [-0.2, -0.15) is 0 Å². The van der Waals surface area contributed by atoms with Gasteiger partial charge in [-0.15, -0.1) is 0 Å². The maximum absolute atomic E-state index is 13.6. The predicted molar refractivity (Wildman–Crippen MR) is 165 cm³/mol. The molecule has 0 aromatic heterocycles. The van der Waals surface area contributed by atoms with Crippen molar-refractivity contribution in [2.45, 2.75) is 50.8 Å². The number of carbonyl (C=O) groups excluding carboxylic acids is 3. The maximum Gasteiger partial charge on any atom is 0.259 e. The average molecular weight is 568 g/mol. The number of anilines is 1. The molecule has 0 saturated heterocycles. The number of benzene rings is 3. The summed E-state index contributed by atoms with van der Waals surface area (Å²) in [7, 11) is 0. The maximum atomic E-state index is 13.6. The summed E-state index contributed by atoms with van der Waals surface area (Å²) in [6, 6.07) is 24.3. The van der Waals surface area contributed by atoms with Crippen LogP contribution in [-0.2, 0) is 27.2 Å². The number of nitrogens with one attached hydrogen (secondary N) is 2. The molecular weight excluding hydrogens is 534 g/mol. The van der Waals surface area contributed by atoms with Crippen LogP contribution in [0.15, 0.2) is 88.8 Å². The fourth-order valence-electron chi connectivity index (χ4n) is 4.75. The van der Waals surface area contributed by atoms with Gasteiger partial charge in [0, 0.05) is 17.8 Å². The Hall–Kier alpha value is -4.24. The van der Waals surface area contributed by atoms with E-state index in [2.05, 4.69) is 22.5 Å². The summed E-state index contributed by atoms with van der Waals surface area (Å²) in [6.45, 7) is 4.49. The minimum Gasteiger partial charge on any atom is -0.356 e. The van der Waals surface area contributed by atoms with Crippen molar-refractivity contribution in [1.29, 1.82) is 0 Å². The van der Waals surface area contributed by atoms with Crippen LogP contribution in [0.25, 0.3) is 0 Å². The molecule has 3 amide bonds. The van der Waals surface area contributed by atoms with Gasteiger partial charge in [-0.05, 0) is 54.7 Å². The van der Waals surface area contributed by atoms with Gasteiger partial charge in [0.25, 0.3) is 5.91 Å². The highest BCUT2D eigenvalue weighted by atomic mass is 32.2. The number of aliphatic imine (C=N–C) groups is 2. The van der Waals surface area contributed by atoms with Crippen LogP contribution in [0.2, 0.25) is 0 Å². The largest absolute Gasteiger partial charge is 0.356 e. The summed E-state index contributed by atoms with van der Waals surface area (Å²) in [5.41, 5.74) is 4.45. The zero-order valence-corrected chi connectivity index (χ0v) is 24.0. The Morgan fingerprint density at radius 2 is 1.68 bits per heavy atom. The smallest absolute Gasteiger partial charge is 0.259 e. The molecule has 9 heteroatoms. The highest BCUT2D eigenvalue weighted by molar-refractivity contribution is 8.15. The van der Waals surface area contributed by atoms with E-state index in [4.69, 9.17) is 4.99 Å². The van der Waals surface area contributed by atoms with Gasteiger partial charge in [0.2, 0.25) is 11.8 Å². The number of hydrogen-bond donors (Lipinski definition) is 2. The molecule has 8 nitrogen and oxygen atoms in total. The quantitative estimate of drug-likeness (QED) is 0.356. The predicted octanol–water partition coefficient (Wildman–Crippen LogP) is 5.11. The van der Waals surface area contributed by atoms with Gasteiger partial charge in [0.1, 0.15) is 11.9 Å². The van der Waals surface area contributed by atoms with Crippen molar-refractivity contribution >= 4 is 51.9 Å². The van der Waals surface area contributed by atoms with Gasteiger partial charge >= 0.3 is 0 Å². The molecule has 2 aliphatic heterocycles. The number of para-hydroxylation sites is 1. The van der Waals surface area contributed by atoms with Crippen molar-refractivity contribution in [1.82, 2.24) is 10.2 Å². The van der Waals surface area contributed by atoms with E-state index in [0.29, 0.717) is 36.1 Å². The minimum absolute atomic E-state index is 0.0564. The van der Waals surface area contributed by atoms with Crippen LogP contribution in [0.1, 0.15) is 43.4 Å². The molecule has 0 bridgehead atoms. The van der Waals surface area contributed by atoms with Crippen LogP contribution < -0.4 is 10.6 Å². The number of nitrogens with zero attached hydrogens (tertiary/aromatic N) is 3.